The first-order chi connectivity index (χ1) is 6.30. The third-order valence-corrected chi connectivity index (χ3v) is 1.18. The molecule has 0 atom stereocenters. The maximum absolute atomic E-state index is 12.5. The second-order valence-electron chi connectivity index (χ2n) is 2.07. The van der Waals surface area contributed by atoms with Crippen LogP contribution in [0.3, 0.4) is 0 Å². The Morgan fingerprint density at radius 3 is 2.21 bits per heavy atom. The molecule has 14 heavy (non-hydrogen) atoms. The van der Waals surface area contributed by atoms with Crippen molar-refractivity contribution >= 4 is 0 Å². The molecule has 76 valence electrons. The Kier molecular flexibility index (Phi) is 2.10. The van der Waals surface area contributed by atoms with Crippen LogP contribution in [0.2, 0.25) is 0 Å². The highest BCUT2D eigenvalue weighted by Gasteiger charge is 2.61. The number of alkyl halides is 5. The molecule has 0 aliphatic heterocycles. The fraction of sp³-hybridized carbons (Fsp3) is 0.500. The van der Waals surface area contributed by atoms with Crippen LogP contribution in [0.15, 0.2) is 0 Å². The normalized spacial score (nSPS) is 12.6. The molecule has 0 bridgehead atoms. The predicted octanol–water partition coefficient (Wildman–Crippen LogP) is 0.656. The first-order valence-corrected chi connectivity index (χ1v) is 2.94. The van der Waals surface area contributed by atoms with Gasteiger partial charge in [0, 0.05) is 0 Å². The Hall–Kier alpha value is -1.79. The fourth-order valence-electron chi connectivity index (χ4n) is 0.566. The lowest BCUT2D eigenvalue weighted by Gasteiger charge is -2.18. The van der Waals surface area contributed by atoms with Gasteiger partial charge >= 0.3 is 12.2 Å². The van der Waals surface area contributed by atoms with Crippen molar-refractivity contribution in [2.75, 3.05) is 0 Å². The van der Waals surface area contributed by atoms with Gasteiger partial charge in [-0.3, -0.25) is 0 Å². The number of nitriles is 1. The van der Waals surface area contributed by atoms with Crippen LogP contribution in [-0.4, -0.2) is 26.4 Å². The molecule has 0 spiro atoms. The van der Waals surface area contributed by atoms with Crippen LogP contribution in [0, 0.1) is 11.3 Å². The van der Waals surface area contributed by atoms with E-state index in [9.17, 15) is 22.0 Å². The van der Waals surface area contributed by atoms with Crippen molar-refractivity contribution < 1.29 is 22.0 Å². The molecule has 0 amide bonds. The number of aromatic nitrogens is 4. The van der Waals surface area contributed by atoms with E-state index in [0.717, 1.165) is 6.07 Å². The van der Waals surface area contributed by atoms with Gasteiger partial charge in [-0.15, -0.1) is 4.68 Å². The number of hydrogen-bond acceptors (Lipinski definition) is 4. The summed E-state index contributed by atoms with van der Waals surface area (Å²) < 4.78 is 59.3. The molecule has 0 aliphatic rings. The highest BCUT2D eigenvalue weighted by molar-refractivity contribution is 5.07. The standard InChI is InChI=1S/C4F5N5/c5-3(6,7)4(8,9)14-2(1-10)11-12-13-14. The third-order valence-electron chi connectivity index (χ3n) is 1.18. The van der Waals surface area contributed by atoms with Crippen LogP contribution >= 0.6 is 0 Å². The number of halogens is 5. The molecule has 0 aromatic carbocycles. The van der Waals surface area contributed by atoms with Crippen molar-refractivity contribution in [3.8, 4) is 6.07 Å². The van der Waals surface area contributed by atoms with Crippen LogP contribution in [0.5, 0.6) is 0 Å². The molecule has 1 rings (SSSR count). The highest BCUT2D eigenvalue weighted by Crippen LogP contribution is 2.39. The van der Waals surface area contributed by atoms with Gasteiger partial charge < -0.3 is 0 Å². The zero-order valence-electron chi connectivity index (χ0n) is 6.13. The summed E-state index contributed by atoms with van der Waals surface area (Å²) in [5.41, 5.74) is 0. The van der Waals surface area contributed by atoms with Crippen molar-refractivity contribution in [3.63, 3.8) is 0 Å². The Balaban J connectivity index is 3.24. The molecule has 0 saturated carbocycles. The molecule has 0 unspecified atom stereocenters. The lowest BCUT2D eigenvalue weighted by molar-refractivity contribution is -0.329. The molecule has 0 radical (unpaired) electrons. The van der Waals surface area contributed by atoms with Gasteiger partial charge in [0.05, 0.1) is 0 Å². The number of rotatable bonds is 1. The second kappa shape index (κ2) is 2.86. The molecule has 0 aliphatic carbocycles. The highest BCUT2D eigenvalue weighted by atomic mass is 19.4. The lowest BCUT2D eigenvalue weighted by Crippen LogP contribution is -2.41. The van der Waals surface area contributed by atoms with Crippen molar-refractivity contribution in [1.29, 1.82) is 5.26 Å². The maximum atomic E-state index is 12.5. The summed E-state index contributed by atoms with van der Waals surface area (Å²) in [6, 6.07) is -4.29. The molecule has 1 aromatic heterocycles. The smallest absolute Gasteiger partial charge is 0.189 e. The van der Waals surface area contributed by atoms with Gasteiger partial charge in [-0.25, -0.2) is 0 Å². The molecule has 1 aromatic rings. The van der Waals surface area contributed by atoms with Crippen molar-refractivity contribution in [2.24, 2.45) is 0 Å². The monoisotopic (exact) mass is 213 g/mol. The molecule has 1 heterocycles. The van der Waals surface area contributed by atoms with Gasteiger partial charge in [-0.2, -0.15) is 27.2 Å². The van der Waals surface area contributed by atoms with Crippen LogP contribution in [0.25, 0.3) is 0 Å². The van der Waals surface area contributed by atoms with E-state index in [-0.39, 0.29) is 0 Å². The summed E-state index contributed by atoms with van der Waals surface area (Å²) in [4.78, 5) is 0. The van der Waals surface area contributed by atoms with E-state index in [1.54, 1.807) is 0 Å². The Morgan fingerprint density at radius 1 is 1.21 bits per heavy atom. The first-order valence-electron chi connectivity index (χ1n) is 2.94. The minimum atomic E-state index is -5.85. The van der Waals surface area contributed by atoms with Crippen LogP contribution in [0.4, 0.5) is 22.0 Å². The SMILES string of the molecule is N#Cc1nnnn1C(F)(F)C(F)(F)F. The molecule has 0 saturated heterocycles. The second-order valence-corrected chi connectivity index (χ2v) is 2.07. The molecule has 0 N–H and O–H groups in total. The molecule has 5 nitrogen and oxygen atoms in total. The van der Waals surface area contributed by atoms with Crippen LogP contribution in [0.1, 0.15) is 5.82 Å². The Labute approximate surface area is 72.7 Å². The molecule has 0 fully saturated rings. The van der Waals surface area contributed by atoms with Gasteiger partial charge in [-0.05, 0) is 10.4 Å². The van der Waals surface area contributed by atoms with Gasteiger partial charge in [0.1, 0.15) is 6.07 Å². The van der Waals surface area contributed by atoms with E-state index in [4.69, 9.17) is 5.26 Å². The average Bonchev–Trinajstić information content (AvgIpc) is 2.49. The van der Waals surface area contributed by atoms with E-state index in [1.807, 2.05) is 0 Å². The molecular formula is C4F5N5. The Bertz CT molecular complexity index is 372. The number of nitrogens with zero attached hydrogens (tertiary/aromatic N) is 5. The summed E-state index contributed by atoms with van der Waals surface area (Å²) in [7, 11) is 0. The number of tetrazole rings is 1. The summed E-state index contributed by atoms with van der Waals surface area (Å²) in [6.45, 7) is 0. The zero-order valence-corrected chi connectivity index (χ0v) is 6.13. The Morgan fingerprint density at radius 2 is 1.79 bits per heavy atom. The van der Waals surface area contributed by atoms with Gasteiger partial charge in [0.15, 0.2) is 0 Å². The summed E-state index contributed by atoms with van der Waals surface area (Å²) in [5, 5.41) is 15.7. The lowest BCUT2D eigenvalue weighted by atomic mass is 10.5. The molecular weight excluding hydrogens is 213 g/mol. The quantitative estimate of drug-likeness (QED) is 0.642. The van der Waals surface area contributed by atoms with E-state index in [2.05, 4.69) is 15.5 Å². The zero-order chi connectivity index (χ0) is 11.0. The topological polar surface area (TPSA) is 67.4 Å². The van der Waals surface area contributed by atoms with Gasteiger partial charge in [0.25, 0.3) is 5.82 Å². The van der Waals surface area contributed by atoms with E-state index in [1.165, 1.54) is 0 Å². The van der Waals surface area contributed by atoms with Gasteiger partial charge in [0.2, 0.25) is 0 Å². The molecule has 10 heteroatoms. The minimum Gasteiger partial charge on any atom is -0.189 e. The third kappa shape index (κ3) is 1.36. The predicted molar refractivity (Wildman–Crippen MR) is 28.8 cm³/mol. The minimum absolute atomic E-state index is 0.882. The van der Waals surface area contributed by atoms with Crippen molar-refractivity contribution in [1.82, 2.24) is 20.2 Å². The first kappa shape index (κ1) is 10.3. The maximum Gasteiger partial charge on any atom is 0.477 e. The largest absolute Gasteiger partial charge is 0.477 e. The summed E-state index contributed by atoms with van der Waals surface area (Å²) in [5.74, 6) is -1.22. The van der Waals surface area contributed by atoms with E-state index in [0.29, 0.717) is 0 Å². The van der Waals surface area contributed by atoms with Crippen molar-refractivity contribution in [2.45, 2.75) is 12.2 Å². The van der Waals surface area contributed by atoms with E-state index < -0.39 is 22.7 Å². The van der Waals surface area contributed by atoms with Gasteiger partial charge in [-0.1, -0.05) is 5.10 Å². The van der Waals surface area contributed by atoms with Crippen LogP contribution in [-0.2, 0) is 6.05 Å². The summed E-state index contributed by atoms with van der Waals surface area (Å²) in [6.07, 6.45) is -5.85. The summed E-state index contributed by atoms with van der Waals surface area (Å²) >= 11 is 0. The number of hydrogen-bond donors (Lipinski definition) is 0. The van der Waals surface area contributed by atoms with Crippen molar-refractivity contribution in [3.05, 3.63) is 5.82 Å². The van der Waals surface area contributed by atoms with Crippen LogP contribution < -0.4 is 0 Å². The van der Waals surface area contributed by atoms with E-state index >= 15 is 0 Å². The fourth-order valence-corrected chi connectivity index (χ4v) is 0.566. The average molecular weight is 213 g/mol.